The molecule has 1 heterocycles. The molecule has 1 unspecified atom stereocenters. The van der Waals surface area contributed by atoms with Gasteiger partial charge in [0.1, 0.15) is 23.2 Å². The smallest absolute Gasteiger partial charge is 0.342 e. The fraction of sp³-hybridized carbons (Fsp3) is 0.474. The Morgan fingerprint density at radius 3 is 2.75 bits per heavy atom. The second kappa shape index (κ2) is 8.52. The van der Waals surface area contributed by atoms with E-state index in [0.717, 1.165) is 37.5 Å². The molecule has 0 spiro atoms. The molecule has 0 saturated carbocycles. The van der Waals surface area contributed by atoms with E-state index in [9.17, 15) is 15.0 Å². The van der Waals surface area contributed by atoms with Crippen LogP contribution in [0.1, 0.15) is 54.9 Å². The van der Waals surface area contributed by atoms with Crippen molar-refractivity contribution in [2.75, 3.05) is 7.05 Å². The van der Waals surface area contributed by atoms with Crippen molar-refractivity contribution in [2.24, 2.45) is 4.99 Å². The SMILES string of the molecule is CN=C1CCCC/C=C/CC(C)OC(=O)c2c(O)cc(O)cc2C1. The number of cyclic esters (lactones) is 1. The van der Waals surface area contributed by atoms with Gasteiger partial charge in [0.15, 0.2) is 0 Å². The maximum absolute atomic E-state index is 12.5. The second-order valence-corrected chi connectivity index (χ2v) is 6.13. The standard InChI is InChI=1S/C19H25NO4/c1-13-8-6-4-3-5-7-9-15(20-2)10-14-11-16(21)12-17(22)18(14)19(23)24-13/h4,6,11-13,21-22H,3,5,7-10H2,1-2H3/b6-4+,20-15?. The third kappa shape index (κ3) is 4.85. The second-order valence-electron chi connectivity index (χ2n) is 6.13. The van der Waals surface area contributed by atoms with E-state index in [4.69, 9.17) is 4.74 Å². The lowest BCUT2D eigenvalue weighted by Gasteiger charge is -2.16. The van der Waals surface area contributed by atoms with Gasteiger partial charge in [0, 0.05) is 31.7 Å². The first-order chi connectivity index (χ1) is 11.5. The summed E-state index contributed by atoms with van der Waals surface area (Å²) in [6.07, 6.45) is 8.81. The van der Waals surface area contributed by atoms with Crippen LogP contribution in [0.4, 0.5) is 0 Å². The number of carbonyl (C=O) groups is 1. The Balaban J connectivity index is 2.39. The van der Waals surface area contributed by atoms with Crippen LogP contribution in [-0.4, -0.2) is 35.0 Å². The molecule has 24 heavy (non-hydrogen) atoms. The van der Waals surface area contributed by atoms with Crippen LogP contribution < -0.4 is 0 Å². The van der Waals surface area contributed by atoms with E-state index in [2.05, 4.69) is 11.1 Å². The lowest BCUT2D eigenvalue weighted by molar-refractivity contribution is 0.0343. The normalized spacial score (nSPS) is 23.2. The van der Waals surface area contributed by atoms with Crippen LogP contribution in [0.15, 0.2) is 29.3 Å². The average Bonchev–Trinajstić information content (AvgIpc) is 2.51. The number of allylic oxidation sites excluding steroid dienone is 1. The molecule has 0 bridgehead atoms. The summed E-state index contributed by atoms with van der Waals surface area (Å²) < 4.78 is 5.44. The summed E-state index contributed by atoms with van der Waals surface area (Å²) in [5, 5.41) is 19.9. The topological polar surface area (TPSA) is 79.1 Å². The van der Waals surface area contributed by atoms with Gasteiger partial charge in [-0.25, -0.2) is 4.79 Å². The average molecular weight is 331 g/mol. The molecular formula is C19H25NO4. The number of rotatable bonds is 0. The molecule has 2 rings (SSSR count). The van der Waals surface area contributed by atoms with Gasteiger partial charge >= 0.3 is 5.97 Å². The number of nitrogens with zero attached hydrogens (tertiary/aromatic N) is 1. The van der Waals surface area contributed by atoms with Gasteiger partial charge in [-0.2, -0.15) is 0 Å². The number of hydrogen-bond acceptors (Lipinski definition) is 5. The number of benzene rings is 1. The number of carbonyl (C=O) groups excluding carboxylic acids is 1. The molecule has 0 saturated heterocycles. The zero-order valence-corrected chi connectivity index (χ0v) is 14.3. The van der Waals surface area contributed by atoms with E-state index >= 15 is 0 Å². The number of hydrogen-bond donors (Lipinski definition) is 2. The monoisotopic (exact) mass is 331 g/mol. The van der Waals surface area contributed by atoms with Crippen molar-refractivity contribution in [1.29, 1.82) is 0 Å². The first-order valence-electron chi connectivity index (χ1n) is 8.36. The predicted molar refractivity (Wildman–Crippen MR) is 93.9 cm³/mol. The fourth-order valence-electron chi connectivity index (χ4n) is 2.83. The maximum atomic E-state index is 12.5. The first-order valence-corrected chi connectivity index (χ1v) is 8.36. The van der Waals surface area contributed by atoms with Gasteiger partial charge in [0.2, 0.25) is 0 Å². The van der Waals surface area contributed by atoms with E-state index < -0.39 is 5.97 Å². The molecule has 1 aliphatic heterocycles. The molecule has 0 aromatic heterocycles. The van der Waals surface area contributed by atoms with E-state index in [0.29, 0.717) is 18.4 Å². The van der Waals surface area contributed by atoms with Gasteiger partial charge in [0.05, 0.1) is 0 Å². The molecule has 5 heteroatoms. The highest BCUT2D eigenvalue weighted by atomic mass is 16.5. The number of esters is 1. The van der Waals surface area contributed by atoms with Crippen LogP contribution in [0.3, 0.4) is 0 Å². The van der Waals surface area contributed by atoms with Gasteiger partial charge in [-0.05, 0) is 44.2 Å². The van der Waals surface area contributed by atoms with Crippen LogP contribution in [0.5, 0.6) is 11.5 Å². The molecule has 0 aliphatic carbocycles. The number of phenolic OH excluding ortho intramolecular Hbond substituents is 2. The van der Waals surface area contributed by atoms with Crippen molar-refractivity contribution >= 4 is 11.7 Å². The van der Waals surface area contributed by atoms with Crippen molar-refractivity contribution in [3.8, 4) is 11.5 Å². The fourth-order valence-corrected chi connectivity index (χ4v) is 2.83. The Kier molecular flexibility index (Phi) is 6.41. The highest BCUT2D eigenvalue weighted by Crippen LogP contribution is 2.29. The Hall–Kier alpha value is -2.30. The Morgan fingerprint density at radius 1 is 1.21 bits per heavy atom. The summed E-state index contributed by atoms with van der Waals surface area (Å²) in [5.74, 6) is -0.914. The molecular weight excluding hydrogens is 306 g/mol. The minimum atomic E-state index is -0.573. The van der Waals surface area contributed by atoms with E-state index in [1.807, 2.05) is 13.0 Å². The number of aliphatic imine (C=N–C) groups is 1. The summed E-state index contributed by atoms with van der Waals surface area (Å²) in [5.41, 5.74) is 1.59. The highest BCUT2D eigenvalue weighted by molar-refractivity contribution is 5.97. The maximum Gasteiger partial charge on any atom is 0.342 e. The Morgan fingerprint density at radius 2 is 2.00 bits per heavy atom. The van der Waals surface area contributed by atoms with Crippen LogP contribution in [0.25, 0.3) is 0 Å². The lowest BCUT2D eigenvalue weighted by atomic mass is 9.97. The number of aromatic hydroxyl groups is 2. The summed E-state index contributed by atoms with van der Waals surface area (Å²) in [6.45, 7) is 1.82. The Bertz CT molecular complexity index is 649. The van der Waals surface area contributed by atoms with Gasteiger partial charge in [-0.1, -0.05) is 12.2 Å². The van der Waals surface area contributed by atoms with Crippen LogP contribution in [0, 0.1) is 0 Å². The predicted octanol–water partition coefficient (Wildman–Crippen LogP) is 3.78. The van der Waals surface area contributed by atoms with Crippen molar-refractivity contribution in [3.63, 3.8) is 0 Å². The van der Waals surface area contributed by atoms with Crippen LogP contribution in [-0.2, 0) is 11.2 Å². The number of fused-ring (bicyclic) bond motifs is 1. The first kappa shape index (κ1) is 18.0. The molecule has 5 nitrogen and oxygen atoms in total. The summed E-state index contributed by atoms with van der Waals surface area (Å²) in [6, 6.07) is 2.66. The number of ether oxygens (including phenoxy) is 1. The summed E-state index contributed by atoms with van der Waals surface area (Å²) in [7, 11) is 1.72. The zero-order chi connectivity index (χ0) is 17.5. The molecule has 0 radical (unpaired) electrons. The third-order valence-corrected chi connectivity index (χ3v) is 4.13. The molecule has 1 aromatic rings. The van der Waals surface area contributed by atoms with Crippen LogP contribution >= 0.6 is 0 Å². The largest absolute Gasteiger partial charge is 0.508 e. The summed E-state index contributed by atoms with van der Waals surface area (Å²) in [4.78, 5) is 16.8. The van der Waals surface area contributed by atoms with Crippen molar-refractivity contribution in [1.82, 2.24) is 0 Å². The van der Waals surface area contributed by atoms with E-state index in [1.54, 1.807) is 7.05 Å². The summed E-state index contributed by atoms with van der Waals surface area (Å²) >= 11 is 0. The van der Waals surface area contributed by atoms with Gasteiger partial charge < -0.3 is 14.9 Å². The van der Waals surface area contributed by atoms with Crippen molar-refractivity contribution < 1.29 is 19.7 Å². The van der Waals surface area contributed by atoms with Crippen molar-refractivity contribution in [3.05, 3.63) is 35.4 Å². The molecule has 0 fully saturated rings. The zero-order valence-electron chi connectivity index (χ0n) is 14.3. The van der Waals surface area contributed by atoms with Gasteiger partial charge in [0.25, 0.3) is 0 Å². The highest BCUT2D eigenvalue weighted by Gasteiger charge is 2.22. The molecule has 1 aliphatic rings. The molecule has 1 atom stereocenters. The molecule has 1 aromatic carbocycles. The van der Waals surface area contributed by atoms with E-state index in [1.165, 1.54) is 6.07 Å². The minimum absolute atomic E-state index is 0.0772. The van der Waals surface area contributed by atoms with Gasteiger partial charge in [-0.15, -0.1) is 0 Å². The molecule has 2 N–H and O–H groups in total. The van der Waals surface area contributed by atoms with E-state index in [-0.39, 0.29) is 23.2 Å². The number of phenols is 2. The minimum Gasteiger partial charge on any atom is -0.508 e. The molecule has 130 valence electrons. The Labute approximate surface area is 142 Å². The van der Waals surface area contributed by atoms with Gasteiger partial charge in [-0.3, -0.25) is 4.99 Å². The lowest BCUT2D eigenvalue weighted by Crippen LogP contribution is -2.17. The van der Waals surface area contributed by atoms with Crippen LogP contribution in [0.2, 0.25) is 0 Å². The molecule has 0 amide bonds. The quantitative estimate of drug-likeness (QED) is 0.560. The third-order valence-electron chi connectivity index (χ3n) is 4.13. The van der Waals surface area contributed by atoms with Crippen molar-refractivity contribution in [2.45, 2.75) is 51.6 Å².